The highest BCUT2D eigenvalue weighted by atomic mass is 16.3. The van der Waals surface area contributed by atoms with Crippen molar-refractivity contribution in [3.05, 3.63) is 71.3 Å². The molecule has 2 aromatic carbocycles. The van der Waals surface area contributed by atoms with Crippen molar-refractivity contribution in [2.75, 3.05) is 0 Å². The second-order valence-corrected chi connectivity index (χ2v) is 5.07. The van der Waals surface area contributed by atoms with Gasteiger partial charge in [-0.25, -0.2) is 0 Å². The number of ketones is 1. The molecule has 2 nitrogen and oxygen atoms in total. The van der Waals surface area contributed by atoms with Crippen LogP contribution in [0.1, 0.15) is 41.3 Å². The summed E-state index contributed by atoms with van der Waals surface area (Å²) in [7, 11) is 0. The summed E-state index contributed by atoms with van der Waals surface area (Å²) in [5.41, 5.74) is 2.79. The summed E-state index contributed by atoms with van der Waals surface area (Å²) in [5.74, 6) is 0.665. The van der Waals surface area contributed by atoms with E-state index in [1.54, 1.807) is 36.4 Å². The second kappa shape index (κ2) is 6.20. The lowest BCUT2D eigenvalue weighted by atomic mass is 10.0. The fourth-order valence-electron chi connectivity index (χ4n) is 1.89. The van der Waals surface area contributed by atoms with Crippen molar-refractivity contribution >= 4 is 11.9 Å². The Hall–Kier alpha value is -2.35. The van der Waals surface area contributed by atoms with Gasteiger partial charge in [-0.15, -0.1) is 0 Å². The Morgan fingerprint density at radius 2 is 1.60 bits per heavy atom. The van der Waals surface area contributed by atoms with E-state index < -0.39 is 0 Å². The van der Waals surface area contributed by atoms with Crippen molar-refractivity contribution < 1.29 is 9.90 Å². The molecule has 2 heteroatoms. The largest absolute Gasteiger partial charge is 0.508 e. The minimum atomic E-state index is -0.0200. The van der Waals surface area contributed by atoms with Crippen LogP contribution in [0.3, 0.4) is 0 Å². The maximum atomic E-state index is 12.0. The molecule has 0 aliphatic carbocycles. The van der Waals surface area contributed by atoms with Crippen molar-refractivity contribution in [3.63, 3.8) is 0 Å². The summed E-state index contributed by atoms with van der Waals surface area (Å²) in [5, 5.41) is 9.19. The molecule has 102 valence electrons. The highest BCUT2D eigenvalue weighted by molar-refractivity contribution is 6.06. The summed E-state index contributed by atoms with van der Waals surface area (Å²) in [6, 6.07) is 14.4. The van der Waals surface area contributed by atoms with Crippen LogP contribution in [0.4, 0.5) is 0 Å². The first-order valence-electron chi connectivity index (χ1n) is 6.67. The topological polar surface area (TPSA) is 37.3 Å². The highest BCUT2D eigenvalue weighted by Gasteiger charge is 2.03. The van der Waals surface area contributed by atoms with Gasteiger partial charge in [-0.1, -0.05) is 56.3 Å². The average Bonchev–Trinajstić information content (AvgIpc) is 2.46. The first-order chi connectivity index (χ1) is 9.56. The molecule has 0 aliphatic heterocycles. The number of rotatable bonds is 4. The van der Waals surface area contributed by atoms with E-state index in [4.69, 9.17) is 0 Å². The number of hydrogen-bond donors (Lipinski definition) is 1. The van der Waals surface area contributed by atoms with Gasteiger partial charge >= 0.3 is 0 Å². The molecule has 2 aromatic rings. The summed E-state index contributed by atoms with van der Waals surface area (Å²) in [6.07, 6.45) is 3.30. The van der Waals surface area contributed by atoms with Gasteiger partial charge in [0, 0.05) is 5.56 Å². The molecule has 2 rings (SSSR count). The van der Waals surface area contributed by atoms with Gasteiger partial charge in [0.2, 0.25) is 0 Å². The number of phenolic OH excluding ortho intramolecular Hbond substituents is 1. The van der Waals surface area contributed by atoms with Gasteiger partial charge in [-0.3, -0.25) is 4.79 Å². The van der Waals surface area contributed by atoms with Crippen LogP contribution in [-0.4, -0.2) is 10.9 Å². The van der Waals surface area contributed by atoms with Crippen LogP contribution < -0.4 is 0 Å². The number of allylic oxidation sites excluding steroid dienone is 1. The number of hydrogen-bond acceptors (Lipinski definition) is 2. The monoisotopic (exact) mass is 266 g/mol. The average molecular weight is 266 g/mol. The van der Waals surface area contributed by atoms with Crippen LogP contribution in [0.5, 0.6) is 5.75 Å². The maximum absolute atomic E-state index is 12.0. The van der Waals surface area contributed by atoms with Crippen molar-refractivity contribution in [3.8, 4) is 5.75 Å². The molecule has 0 aromatic heterocycles. The van der Waals surface area contributed by atoms with E-state index in [0.717, 1.165) is 5.56 Å². The second-order valence-electron chi connectivity index (χ2n) is 5.07. The molecule has 0 fully saturated rings. The molecular formula is C18H18O2. The van der Waals surface area contributed by atoms with Gasteiger partial charge in [0.05, 0.1) is 0 Å². The van der Waals surface area contributed by atoms with Gasteiger partial charge < -0.3 is 5.11 Å². The van der Waals surface area contributed by atoms with Crippen molar-refractivity contribution in [2.24, 2.45) is 0 Å². The van der Waals surface area contributed by atoms with E-state index in [2.05, 4.69) is 13.8 Å². The van der Waals surface area contributed by atoms with Crippen LogP contribution in [-0.2, 0) is 0 Å². The number of phenols is 1. The van der Waals surface area contributed by atoms with Gasteiger partial charge in [0.25, 0.3) is 0 Å². The van der Waals surface area contributed by atoms with Gasteiger partial charge in [0.1, 0.15) is 5.75 Å². The fourth-order valence-corrected chi connectivity index (χ4v) is 1.89. The quantitative estimate of drug-likeness (QED) is 0.657. The van der Waals surface area contributed by atoms with E-state index in [1.807, 2.05) is 24.3 Å². The Labute approximate surface area is 119 Å². The van der Waals surface area contributed by atoms with Crippen LogP contribution in [0.15, 0.2) is 54.6 Å². The SMILES string of the molecule is CC(C)c1ccc(C(=O)/C=C/c2ccc(O)cc2)cc1. The predicted molar refractivity (Wildman–Crippen MR) is 82.0 cm³/mol. The molecule has 0 aliphatic rings. The highest BCUT2D eigenvalue weighted by Crippen LogP contribution is 2.16. The molecule has 0 saturated carbocycles. The Balaban J connectivity index is 2.09. The zero-order chi connectivity index (χ0) is 14.5. The molecule has 1 N–H and O–H groups in total. The number of benzene rings is 2. The lowest BCUT2D eigenvalue weighted by molar-refractivity contribution is 0.104. The third kappa shape index (κ3) is 3.58. The summed E-state index contributed by atoms with van der Waals surface area (Å²) in [4.78, 5) is 12.0. The van der Waals surface area contributed by atoms with E-state index in [1.165, 1.54) is 5.56 Å². The molecule has 0 saturated heterocycles. The molecule has 0 amide bonds. The minimum absolute atomic E-state index is 0.0200. The molecular weight excluding hydrogens is 248 g/mol. The Morgan fingerprint density at radius 3 is 2.15 bits per heavy atom. The van der Waals surface area contributed by atoms with Crippen LogP contribution in [0.25, 0.3) is 6.08 Å². The lowest BCUT2D eigenvalue weighted by Gasteiger charge is -2.05. The Bertz CT molecular complexity index is 605. The van der Waals surface area contributed by atoms with Gasteiger partial charge in [-0.05, 0) is 35.3 Å². The smallest absolute Gasteiger partial charge is 0.185 e. The van der Waals surface area contributed by atoms with E-state index in [0.29, 0.717) is 11.5 Å². The van der Waals surface area contributed by atoms with Gasteiger partial charge in [0.15, 0.2) is 5.78 Å². The maximum Gasteiger partial charge on any atom is 0.185 e. The third-order valence-electron chi connectivity index (χ3n) is 3.18. The molecule has 0 bridgehead atoms. The van der Waals surface area contributed by atoms with Crippen LogP contribution in [0, 0.1) is 0 Å². The number of aromatic hydroxyl groups is 1. The van der Waals surface area contributed by atoms with Crippen LogP contribution in [0.2, 0.25) is 0 Å². The van der Waals surface area contributed by atoms with Crippen molar-refractivity contribution in [1.29, 1.82) is 0 Å². The van der Waals surface area contributed by atoms with Crippen molar-refractivity contribution in [2.45, 2.75) is 19.8 Å². The zero-order valence-corrected chi connectivity index (χ0v) is 11.7. The number of carbonyl (C=O) groups excluding carboxylic acids is 1. The number of carbonyl (C=O) groups is 1. The summed E-state index contributed by atoms with van der Waals surface area (Å²) >= 11 is 0. The standard InChI is InChI=1S/C18H18O2/c1-13(2)15-6-8-16(9-7-15)18(20)12-5-14-3-10-17(19)11-4-14/h3-13,19H,1-2H3/b12-5+. The normalized spacial score (nSPS) is 11.2. The van der Waals surface area contributed by atoms with E-state index in [-0.39, 0.29) is 11.5 Å². The lowest BCUT2D eigenvalue weighted by Crippen LogP contribution is -1.95. The van der Waals surface area contributed by atoms with Crippen LogP contribution >= 0.6 is 0 Å². The molecule has 20 heavy (non-hydrogen) atoms. The Kier molecular flexibility index (Phi) is 4.36. The first kappa shape index (κ1) is 14.1. The van der Waals surface area contributed by atoms with Gasteiger partial charge in [-0.2, -0.15) is 0 Å². The summed E-state index contributed by atoms with van der Waals surface area (Å²) < 4.78 is 0. The predicted octanol–water partition coefficient (Wildman–Crippen LogP) is 4.41. The molecule has 0 spiro atoms. The fraction of sp³-hybridized carbons (Fsp3) is 0.167. The third-order valence-corrected chi connectivity index (χ3v) is 3.18. The van der Waals surface area contributed by atoms with E-state index in [9.17, 15) is 9.90 Å². The first-order valence-corrected chi connectivity index (χ1v) is 6.67. The molecule has 0 atom stereocenters. The minimum Gasteiger partial charge on any atom is -0.508 e. The molecule has 0 unspecified atom stereocenters. The zero-order valence-electron chi connectivity index (χ0n) is 11.7. The van der Waals surface area contributed by atoms with E-state index >= 15 is 0 Å². The Morgan fingerprint density at radius 1 is 1.00 bits per heavy atom. The van der Waals surface area contributed by atoms with Crippen molar-refractivity contribution in [1.82, 2.24) is 0 Å². The molecule has 0 heterocycles. The molecule has 0 radical (unpaired) electrons. The summed E-state index contributed by atoms with van der Waals surface area (Å²) in [6.45, 7) is 4.25.